The number of aliphatic carboxylic acids is 1. The van der Waals surface area contributed by atoms with E-state index >= 15 is 0 Å². The van der Waals surface area contributed by atoms with Gasteiger partial charge in [-0.15, -0.1) is 11.3 Å². The van der Waals surface area contributed by atoms with Crippen molar-refractivity contribution in [2.75, 3.05) is 13.1 Å². The van der Waals surface area contributed by atoms with Crippen LogP contribution in [0, 0.1) is 5.92 Å². The SMILES string of the molecule is O=C(O)C1CCN(C(c2cccnc2)c2cc3ccccc3s2)CC1. The number of carboxylic acids is 1. The summed E-state index contributed by atoms with van der Waals surface area (Å²) in [5, 5.41) is 10.5. The molecule has 4 rings (SSSR count). The van der Waals surface area contributed by atoms with E-state index in [2.05, 4.69) is 46.3 Å². The fourth-order valence-corrected chi connectivity index (χ4v) is 4.86. The summed E-state index contributed by atoms with van der Waals surface area (Å²) in [7, 11) is 0. The van der Waals surface area contributed by atoms with E-state index in [1.165, 1.54) is 20.5 Å². The van der Waals surface area contributed by atoms with Gasteiger partial charge in [-0.05, 0) is 55.1 Å². The van der Waals surface area contributed by atoms with Crippen LogP contribution in [0.1, 0.15) is 29.3 Å². The minimum absolute atomic E-state index is 0.140. The highest BCUT2D eigenvalue weighted by molar-refractivity contribution is 7.19. The van der Waals surface area contributed by atoms with Crippen molar-refractivity contribution in [3.8, 4) is 0 Å². The van der Waals surface area contributed by atoms with Crippen molar-refractivity contribution in [2.45, 2.75) is 18.9 Å². The zero-order valence-electron chi connectivity index (χ0n) is 13.8. The monoisotopic (exact) mass is 352 g/mol. The van der Waals surface area contributed by atoms with Gasteiger partial charge in [-0.3, -0.25) is 14.7 Å². The first kappa shape index (κ1) is 16.2. The third-order valence-electron chi connectivity index (χ3n) is 4.96. The number of pyridine rings is 1. The van der Waals surface area contributed by atoms with E-state index < -0.39 is 5.97 Å². The van der Waals surface area contributed by atoms with Crippen LogP contribution in [0.3, 0.4) is 0 Å². The van der Waals surface area contributed by atoms with Crippen LogP contribution >= 0.6 is 11.3 Å². The molecule has 1 N–H and O–H groups in total. The van der Waals surface area contributed by atoms with Gasteiger partial charge in [-0.2, -0.15) is 0 Å². The Hall–Kier alpha value is -2.24. The highest BCUT2D eigenvalue weighted by Crippen LogP contribution is 2.38. The van der Waals surface area contributed by atoms with Gasteiger partial charge in [0.1, 0.15) is 0 Å². The molecule has 0 saturated carbocycles. The molecule has 4 nitrogen and oxygen atoms in total. The molecule has 0 amide bonds. The minimum Gasteiger partial charge on any atom is -0.481 e. The van der Waals surface area contributed by atoms with Gasteiger partial charge in [0, 0.05) is 22.0 Å². The molecule has 0 aliphatic carbocycles. The highest BCUT2D eigenvalue weighted by atomic mass is 32.1. The third kappa shape index (κ3) is 3.30. The number of fused-ring (bicyclic) bond motifs is 1. The Morgan fingerprint density at radius 2 is 2.00 bits per heavy atom. The summed E-state index contributed by atoms with van der Waals surface area (Å²) in [4.78, 5) is 19.3. The maximum absolute atomic E-state index is 11.3. The maximum atomic E-state index is 11.3. The Bertz CT molecular complexity index is 837. The van der Waals surface area contributed by atoms with E-state index in [1.54, 1.807) is 6.20 Å². The molecule has 2 aromatic heterocycles. The molecule has 0 radical (unpaired) electrons. The second kappa shape index (κ2) is 6.94. The van der Waals surface area contributed by atoms with Crippen LogP contribution in [0.15, 0.2) is 54.9 Å². The molecule has 1 atom stereocenters. The normalized spacial score (nSPS) is 17.6. The van der Waals surface area contributed by atoms with Crippen molar-refractivity contribution >= 4 is 27.4 Å². The number of likely N-dealkylation sites (tertiary alicyclic amines) is 1. The smallest absolute Gasteiger partial charge is 0.306 e. The van der Waals surface area contributed by atoms with Crippen LogP contribution in [0.5, 0.6) is 0 Å². The van der Waals surface area contributed by atoms with E-state index in [0.29, 0.717) is 12.8 Å². The van der Waals surface area contributed by atoms with Crippen LogP contribution in [0.25, 0.3) is 10.1 Å². The van der Waals surface area contributed by atoms with Gasteiger partial charge in [-0.1, -0.05) is 24.3 Å². The zero-order chi connectivity index (χ0) is 17.2. The van der Waals surface area contributed by atoms with Crippen LogP contribution in [-0.4, -0.2) is 34.0 Å². The molecule has 1 aliphatic heterocycles. The van der Waals surface area contributed by atoms with Gasteiger partial charge in [0.25, 0.3) is 0 Å². The second-order valence-electron chi connectivity index (χ2n) is 6.52. The Balaban J connectivity index is 1.69. The molecular weight excluding hydrogens is 332 g/mol. The van der Waals surface area contributed by atoms with Gasteiger partial charge in [0.15, 0.2) is 0 Å². The van der Waals surface area contributed by atoms with Crippen molar-refractivity contribution in [2.24, 2.45) is 5.92 Å². The number of benzene rings is 1. The summed E-state index contributed by atoms with van der Waals surface area (Å²) in [5.41, 5.74) is 1.17. The quantitative estimate of drug-likeness (QED) is 0.765. The Labute approximate surface area is 150 Å². The zero-order valence-corrected chi connectivity index (χ0v) is 14.7. The number of nitrogens with zero attached hydrogens (tertiary/aromatic N) is 2. The minimum atomic E-state index is -0.667. The fraction of sp³-hybridized carbons (Fsp3) is 0.300. The lowest BCUT2D eigenvalue weighted by atomic mass is 9.94. The molecule has 1 saturated heterocycles. The predicted molar refractivity (Wildman–Crippen MR) is 99.8 cm³/mol. The molecule has 3 aromatic rings. The van der Waals surface area contributed by atoms with E-state index in [4.69, 9.17) is 0 Å². The summed E-state index contributed by atoms with van der Waals surface area (Å²) in [6.45, 7) is 1.59. The lowest BCUT2D eigenvalue weighted by Crippen LogP contribution is -2.39. The first-order valence-corrected chi connectivity index (χ1v) is 9.39. The number of hydrogen-bond acceptors (Lipinski definition) is 4. The molecule has 0 spiro atoms. The number of rotatable bonds is 4. The third-order valence-corrected chi connectivity index (χ3v) is 6.13. The fourth-order valence-electron chi connectivity index (χ4n) is 3.63. The van der Waals surface area contributed by atoms with Gasteiger partial charge in [0.2, 0.25) is 0 Å². The van der Waals surface area contributed by atoms with E-state index in [9.17, 15) is 9.90 Å². The van der Waals surface area contributed by atoms with Gasteiger partial charge < -0.3 is 5.11 Å². The van der Waals surface area contributed by atoms with Crippen molar-refractivity contribution in [1.82, 2.24) is 9.88 Å². The lowest BCUT2D eigenvalue weighted by Gasteiger charge is -2.36. The standard InChI is InChI=1S/C20H20N2O2S/c23-20(24)14-7-10-22(11-8-14)19(16-5-3-9-21-13-16)18-12-15-4-1-2-6-17(15)25-18/h1-6,9,12-14,19H,7-8,10-11H2,(H,23,24). The Kier molecular flexibility index (Phi) is 4.51. The predicted octanol–water partition coefficient (Wildman–Crippen LogP) is 4.18. The summed E-state index contributed by atoms with van der Waals surface area (Å²) in [6.07, 6.45) is 5.13. The molecular formula is C20H20N2O2S. The molecule has 5 heteroatoms. The second-order valence-corrected chi connectivity index (χ2v) is 7.64. The number of aromatic nitrogens is 1. The van der Waals surface area contributed by atoms with Gasteiger partial charge >= 0.3 is 5.97 Å². The number of carboxylic acid groups (broad SMARTS) is 1. The molecule has 1 aromatic carbocycles. The first-order valence-electron chi connectivity index (χ1n) is 8.57. The summed E-state index contributed by atoms with van der Waals surface area (Å²) in [5.74, 6) is -0.882. The first-order chi connectivity index (χ1) is 12.2. The summed E-state index contributed by atoms with van der Waals surface area (Å²) in [6, 6.07) is 14.9. The summed E-state index contributed by atoms with van der Waals surface area (Å²) >= 11 is 1.82. The molecule has 3 heterocycles. The van der Waals surface area contributed by atoms with Crippen LogP contribution in [0.2, 0.25) is 0 Å². The molecule has 1 unspecified atom stereocenters. The number of piperidine rings is 1. The van der Waals surface area contributed by atoms with E-state index in [0.717, 1.165) is 13.1 Å². The van der Waals surface area contributed by atoms with Gasteiger partial charge in [0.05, 0.1) is 12.0 Å². The molecule has 128 valence electrons. The number of thiophene rings is 1. The molecule has 25 heavy (non-hydrogen) atoms. The number of hydrogen-bond donors (Lipinski definition) is 1. The summed E-state index contributed by atoms with van der Waals surface area (Å²) < 4.78 is 1.28. The number of carbonyl (C=O) groups is 1. The molecule has 0 bridgehead atoms. The lowest BCUT2D eigenvalue weighted by molar-refractivity contribution is -0.143. The highest BCUT2D eigenvalue weighted by Gasteiger charge is 2.31. The van der Waals surface area contributed by atoms with Crippen LogP contribution < -0.4 is 0 Å². The Morgan fingerprint density at radius 3 is 2.68 bits per heavy atom. The van der Waals surface area contributed by atoms with E-state index in [1.807, 2.05) is 23.6 Å². The Morgan fingerprint density at radius 1 is 1.20 bits per heavy atom. The van der Waals surface area contributed by atoms with Crippen molar-refractivity contribution < 1.29 is 9.90 Å². The molecule has 1 fully saturated rings. The van der Waals surface area contributed by atoms with Crippen molar-refractivity contribution in [3.63, 3.8) is 0 Å². The van der Waals surface area contributed by atoms with Gasteiger partial charge in [-0.25, -0.2) is 0 Å². The average Bonchev–Trinajstić information content (AvgIpc) is 3.07. The maximum Gasteiger partial charge on any atom is 0.306 e. The largest absolute Gasteiger partial charge is 0.481 e. The molecule has 1 aliphatic rings. The van der Waals surface area contributed by atoms with Crippen LogP contribution in [0.4, 0.5) is 0 Å². The average molecular weight is 352 g/mol. The van der Waals surface area contributed by atoms with Crippen molar-refractivity contribution in [1.29, 1.82) is 0 Å². The van der Waals surface area contributed by atoms with Crippen LogP contribution in [-0.2, 0) is 4.79 Å². The topological polar surface area (TPSA) is 53.4 Å². The van der Waals surface area contributed by atoms with Crippen molar-refractivity contribution in [3.05, 3.63) is 65.3 Å². The van der Waals surface area contributed by atoms with E-state index in [-0.39, 0.29) is 12.0 Å².